The summed E-state index contributed by atoms with van der Waals surface area (Å²) in [5.74, 6) is 1.15. The topological polar surface area (TPSA) is 90.0 Å². The summed E-state index contributed by atoms with van der Waals surface area (Å²) >= 11 is 1.79. The molecule has 2 saturated carbocycles. The molecule has 0 unspecified atom stereocenters. The van der Waals surface area contributed by atoms with E-state index >= 15 is 0 Å². The molecular weight excluding hydrogens is 486 g/mol. The van der Waals surface area contributed by atoms with Crippen LogP contribution in [0.4, 0.5) is 23.0 Å². The van der Waals surface area contributed by atoms with Crippen molar-refractivity contribution < 1.29 is 14.6 Å². The predicted molar refractivity (Wildman–Crippen MR) is 150 cm³/mol. The van der Waals surface area contributed by atoms with Gasteiger partial charge in [0.15, 0.2) is 0 Å². The van der Waals surface area contributed by atoms with Crippen LogP contribution in [0, 0.1) is 5.41 Å². The Bertz CT molecular complexity index is 1140. The number of pyridine rings is 1. The first kappa shape index (κ1) is 24.8. The number of piperidine rings is 1. The Morgan fingerprint density at radius 2 is 1.92 bits per heavy atom. The van der Waals surface area contributed by atoms with E-state index in [0.29, 0.717) is 41.2 Å². The minimum atomic E-state index is -0.219. The summed E-state index contributed by atoms with van der Waals surface area (Å²) in [4.78, 5) is 22.8. The van der Waals surface area contributed by atoms with E-state index in [9.17, 15) is 9.90 Å². The Morgan fingerprint density at radius 3 is 2.65 bits per heavy atom. The van der Waals surface area contributed by atoms with Gasteiger partial charge >= 0.3 is 0 Å². The van der Waals surface area contributed by atoms with Crippen LogP contribution >= 0.6 is 11.9 Å². The number of carbonyl (C=O) groups excluding carboxylic acids is 1. The van der Waals surface area contributed by atoms with Crippen LogP contribution in [0.3, 0.4) is 0 Å². The number of aliphatic hydroxyl groups is 1. The zero-order valence-electron chi connectivity index (χ0n) is 21.5. The van der Waals surface area contributed by atoms with E-state index in [-0.39, 0.29) is 18.6 Å². The second kappa shape index (κ2) is 10.0. The molecule has 6 rings (SSSR count). The highest BCUT2D eigenvalue weighted by Gasteiger charge is 2.44. The standard InChI is InChI=1S/C28H37N5O3S/c1-27(7-8-27)37-31-20-5-6-22(23(17-20)32-13-11-28(9-10-28)12-14-32)26(35)30-24-3-2-4-25(29-24)33-15-16-36-21(18-33)19-34/h2-6,17,21,31,34H,7-16,18-19H2,1H3,(H,29,30,35)/t21-/m0/s1. The highest BCUT2D eigenvalue weighted by molar-refractivity contribution is 8.02. The Morgan fingerprint density at radius 1 is 1.11 bits per heavy atom. The molecule has 2 aliphatic carbocycles. The van der Waals surface area contributed by atoms with Crippen molar-refractivity contribution in [2.75, 3.05) is 59.2 Å². The van der Waals surface area contributed by atoms with Crippen LogP contribution in [0.1, 0.15) is 55.8 Å². The average molecular weight is 524 g/mol. The Balaban J connectivity index is 1.20. The number of anilines is 4. The van der Waals surface area contributed by atoms with Gasteiger partial charge in [0.25, 0.3) is 5.91 Å². The summed E-state index contributed by atoms with van der Waals surface area (Å²) in [7, 11) is 0. The fourth-order valence-electron chi connectivity index (χ4n) is 5.30. The van der Waals surface area contributed by atoms with E-state index in [0.717, 1.165) is 30.3 Å². The number of aromatic nitrogens is 1. The summed E-state index contributed by atoms with van der Waals surface area (Å²) in [5, 5.41) is 12.5. The summed E-state index contributed by atoms with van der Waals surface area (Å²) < 4.78 is 9.43. The monoisotopic (exact) mass is 523 g/mol. The van der Waals surface area contributed by atoms with Crippen LogP contribution in [-0.4, -0.2) is 66.2 Å². The summed E-state index contributed by atoms with van der Waals surface area (Å²) in [6, 6.07) is 11.8. The molecule has 1 aromatic heterocycles. The van der Waals surface area contributed by atoms with Crippen LogP contribution in [0.5, 0.6) is 0 Å². The molecule has 1 amide bonds. The van der Waals surface area contributed by atoms with Gasteiger partial charge in [-0.15, -0.1) is 0 Å². The molecule has 1 spiro atoms. The largest absolute Gasteiger partial charge is 0.394 e. The SMILES string of the molecule is CC1(SNc2ccc(C(=O)Nc3cccc(N4CCO[C@H](CO)C4)n3)c(N3CCC4(CC3)CC4)c2)CC1. The van der Waals surface area contributed by atoms with Crippen LogP contribution in [-0.2, 0) is 4.74 Å². The quantitative estimate of drug-likeness (QED) is 0.435. The number of nitrogens with one attached hydrogen (secondary N) is 2. The van der Waals surface area contributed by atoms with E-state index in [1.165, 1.54) is 38.5 Å². The van der Waals surface area contributed by atoms with Crippen molar-refractivity contribution >= 4 is 40.9 Å². The van der Waals surface area contributed by atoms with Gasteiger partial charge in [0, 0.05) is 36.6 Å². The summed E-state index contributed by atoms with van der Waals surface area (Å²) in [6.45, 7) is 6.07. The number of aliphatic hydroxyl groups excluding tert-OH is 1. The lowest BCUT2D eigenvalue weighted by Gasteiger charge is -2.35. The highest BCUT2D eigenvalue weighted by Crippen LogP contribution is 2.54. The molecule has 4 aliphatic rings. The van der Waals surface area contributed by atoms with Gasteiger partial charge < -0.3 is 29.7 Å². The molecule has 3 N–H and O–H groups in total. The zero-order valence-corrected chi connectivity index (χ0v) is 22.4. The summed E-state index contributed by atoms with van der Waals surface area (Å²) in [5.41, 5.74) is 3.29. The number of morpholine rings is 1. The molecule has 1 aromatic carbocycles. The number of carbonyl (C=O) groups is 1. The van der Waals surface area contributed by atoms with Gasteiger partial charge in [-0.3, -0.25) is 4.79 Å². The van der Waals surface area contributed by atoms with E-state index in [1.807, 2.05) is 30.3 Å². The van der Waals surface area contributed by atoms with Crippen molar-refractivity contribution in [2.45, 2.75) is 56.3 Å². The predicted octanol–water partition coefficient (Wildman–Crippen LogP) is 4.52. The number of amides is 1. The molecule has 3 heterocycles. The average Bonchev–Trinajstić information content (AvgIpc) is 3.86. The molecular formula is C28H37N5O3S. The molecule has 2 aliphatic heterocycles. The molecule has 2 aromatic rings. The molecule has 9 heteroatoms. The third kappa shape index (κ3) is 5.68. The fourth-order valence-corrected chi connectivity index (χ4v) is 6.10. The molecule has 37 heavy (non-hydrogen) atoms. The van der Waals surface area contributed by atoms with E-state index in [4.69, 9.17) is 9.72 Å². The molecule has 8 nitrogen and oxygen atoms in total. The molecule has 1 atom stereocenters. The van der Waals surface area contributed by atoms with Crippen molar-refractivity contribution in [3.05, 3.63) is 42.0 Å². The molecule has 198 valence electrons. The van der Waals surface area contributed by atoms with Crippen molar-refractivity contribution in [3.8, 4) is 0 Å². The number of hydrogen-bond donors (Lipinski definition) is 3. The highest BCUT2D eigenvalue weighted by atomic mass is 32.2. The van der Waals surface area contributed by atoms with Crippen LogP contribution < -0.4 is 19.8 Å². The minimum absolute atomic E-state index is 0.0179. The number of ether oxygens (including phenoxy) is 1. The lowest BCUT2D eigenvalue weighted by Crippen LogP contribution is -2.44. The van der Waals surface area contributed by atoms with Crippen LogP contribution in [0.2, 0.25) is 0 Å². The van der Waals surface area contributed by atoms with Gasteiger partial charge in [0.05, 0.1) is 30.6 Å². The molecule has 4 fully saturated rings. The number of rotatable bonds is 8. The minimum Gasteiger partial charge on any atom is -0.394 e. The number of hydrogen-bond acceptors (Lipinski definition) is 8. The lowest BCUT2D eigenvalue weighted by molar-refractivity contribution is 0.00337. The van der Waals surface area contributed by atoms with Crippen LogP contribution in [0.25, 0.3) is 0 Å². The second-order valence-electron chi connectivity index (χ2n) is 11.3. The zero-order chi connectivity index (χ0) is 25.5. The van der Waals surface area contributed by atoms with E-state index in [2.05, 4.69) is 32.8 Å². The summed E-state index contributed by atoms with van der Waals surface area (Å²) in [6.07, 6.45) is 7.38. The van der Waals surface area contributed by atoms with Gasteiger partial charge in [0.2, 0.25) is 0 Å². The maximum absolute atomic E-state index is 13.6. The smallest absolute Gasteiger partial charge is 0.258 e. The van der Waals surface area contributed by atoms with Crippen molar-refractivity contribution in [1.82, 2.24) is 4.98 Å². The van der Waals surface area contributed by atoms with Gasteiger partial charge in [-0.1, -0.05) is 6.07 Å². The van der Waals surface area contributed by atoms with Crippen LogP contribution in [0.15, 0.2) is 36.4 Å². The molecule has 2 saturated heterocycles. The van der Waals surface area contributed by atoms with E-state index in [1.54, 1.807) is 11.9 Å². The first-order valence-corrected chi connectivity index (χ1v) is 14.3. The first-order chi connectivity index (χ1) is 17.9. The fraction of sp³-hybridized carbons (Fsp3) is 0.571. The molecule has 0 bridgehead atoms. The third-order valence-corrected chi connectivity index (χ3v) is 9.61. The van der Waals surface area contributed by atoms with Crippen molar-refractivity contribution in [1.29, 1.82) is 0 Å². The number of benzene rings is 1. The maximum Gasteiger partial charge on any atom is 0.258 e. The normalized spacial score (nSPS) is 23.6. The molecule has 0 radical (unpaired) electrons. The maximum atomic E-state index is 13.6. The Labute approximate surface area is 223 Å². The van der Waals surface area contributed by atoms with Gasteiger partial charge in [0.1, 0.15) is 11.6 Å². The van der Waals surface area contributed by atoms with Gasteiger partial charge in [-0.2, -0.15) is 0 Å². The van der Waals surface area contributed by atoms with Gasteiger partial charge in [-0.25, -0.2) is 4.98 Å². The van der Waals surface area contributed by atoms with Crippen molar-refractivity contribution in [3.63, 3.8) is 0 Å². The Hall–Kier alpha value is -2.49. The number of nitrogens with zero attached hydrogens (tertiary/aromatic N) is 3. The van der Waals surface area contributed by atoms with Gasteiger partial charge in [-0.05, 0) is 93.1 Å². The lowest BCUT2D eigenvalue weighted by atomic mass is 9.93. The van der Waals surface area contributed by atoms with E-state index < -0.39 is 0 Å². The third-order valence-electron chi connectivity index (χ3n) is 8.38. The Kier molecular flexibility index (Phi) is 6.71. The second-order valence-corrected chi connectivity index (χ2v) is 12.7. The van der Waals surface area contributed by atoms with Crippen molar-refractivity contribution in [2.24, 2.45) is 5.41 Å². The first-order valence-electron chi connectivity index (χ1n) is 13.5.